The lowest BCUT2D eigenvalue weighted by atomic mass is 9.93. The number of hydrogen-bond acceptors (Lipinski definition) is 1. The van der Waals surface area contributed by atoms with Gasteiger partial charge in [-0.15, -0.1) is 0 Å². The molecule has 0 unspecified atom stereocenters. The van der Waals surface area contributed by atoms with Crippen molar-refractivity contribution in [3.63, 3.8) is 0 Å². The summed E-state index contributed by atoms with van der Waals surface area (Å²) in [4.78, 5) is 0. The fourth-order valence-electron chi connectivity index (χ4n) is 1.71. The van der Waals surface area contributed by atoms with Crippen LogP contribution in [0.4, 0.5) is 0 Å². The van der Waals surface area contributed by atoms with Crippen LogP contribution in [-0.2, 0) is 6.61 Å². The van der Waals surface area contributed by atoms with E-state index in [-0.39, 0.29) is 6.61 Å². The van der Waals surface area contributed by atoms with Gasteiger partial charge < -0.3 is 5.11 Å². The first-order chi connectivity index (χ1) is 5.66. The topological polar surface area (TPSA) is 20.2 Å². The molecule has 1 aromatic rings. The van der Waals surface area contributed by atoms with Crippen LogP contribution >= 0.6 is 0 Å². The lowest BCUT2D eigenvalue weighted by Gasteiger charge is -2.13. The molecule has 0 heterocycles. The highest BCUT2D eigenvalue weighted by atomic mass is 16.3. The fourth-order valence-corrected chi connectivity index (χ4v) is 1.71. The molecule has 1 aromatic carbocycles. The van der Waals surface area contributed by atoms with Crippen molar-refractivity contribution in [1.82, 2.24) is 0 Å². The van der Waals surface area contributed by atoms with Crippen LogP contribution in [0.25, 0.3) is 0 Å². The molecular weight excluding hydrogens is 148 g/mol. The minimum absolute atomic E-state index is 0.148. The average Bonchev–Trinajstić information content (AvgIpc) is 2.03. The zero-order valence-corrected chi connectivity index (χ0v) is 7.96. The molecule has 0 aliphatic rings. The van der Waals surface area contributed by atoms with Gasteiger partial charge in [0, 0.05) is 0 Å². The highest BCUT2D eigenvalue weighted by Crippen LogP contribution is 2.23. The van der Waals surface area contributed by atoms with Crippen LogP contribution in [0.3, 0.4) is 0 Å². The van der Waals surface area contributed by atoms with E-state index in [0.717, 1.165) is 5.56 Å². The Morgan fingerprint density at radius 1 is 1.33 bits per heavy atom. The Morgan fingerprint density at radius 3 is 2.42 bits per heavy atom. The number of rotatable bonds is 2. The Morgan fingerprint density at radius 2 is 2.00 bits per heavy atom. The van der Waals surface area contributed by atoms with E-state index in [1.165, 1.54) is 11.1 Å². The lowest BCUT2D eigenvalue weighted by Crippen LogP contribution is -1.98. The van der Waals surface area contributed by atoms with E-state index < -0.39 is 0 Å². The molecule has 0 saturated heterocycles. The summed E-state index contributed by atoms with van der Waals surface area (Å²) < 4.78 is 0. The fraction of sp³-hybridized carbons (Fsp3) is 0.455. The molecule has 0 amide bonds. The van der Waals surface area contributed by atoms with Crippen molar-refractivity contribution in [1.29, 1.82) is 0 Å². The van der Waals surface area contributed by atoms with Gasteiger partial charge in [0.2, 0.25) is 0 Å². The molecule has 1 heteroatoms. The third kappa shape index (κ3) is 1.67. The van der Waals surface area contributed by atoms with Crippen LogP contribution < -0.4 is 0 Å². The maximum atomic E-state index is 9.09. The molecule has 1 N–H and O–H groups in total. The predicted molar refractivity (Wildman–Crippen MR) is 51.2 cm³/mol. The van der Waals surface area contributed by atoms with Crippen molar-refractivity contribution in [2.45, 2.75) is 33.3 Å². The minimum Gasteiger partial charge on any atom is -0.392 e. The van der Waals surface area contributed by atoms with Crippen LogP contribution in [0.1, 0.15) is 36.5 Å². The number of aryl methyl sites for hydroxylation is 1. The van der Waals surface area contributed by atoms with Gasteiger partial charge in [-0.3, -0.25) is 0 Å². The number of hydrogen-bond donors (Lipinski definition) is 1. The molecule has 0 aromatic heterocycles. The summed E-state index contributed by atoms with van der Waals surface area (Å²) in [5.41, 5.74) is 3.63. The molecule has 0 aliphatic heterocycles. The molecule has 1 nitrogen and oxygen atoms in total. The molecule has 0 aliphatic carbocycles. The Kier molecular flexibility index (Phi) is 2.88. The highest BCUT2D eigenvalue weighted by Gasteiger charge is 2.07. The van der Waals surface area contributed by atoms with Gasteiger partial charge in [-0.25, -0.2) is 0 Å². The van der Waals surface area contributed by atoms with E-state index in [1.807, 2.05) is 12.1 Å². The average molecular weight is 164 g/mol. The largest absolute Gasteiger partial charge is 0.392 e. The van der Waals surface area contributed by atoms with E-state index in [0.29, 0.717) is 5.92 Å². The molecule has 66 valence electrons. The first kappa shape index (κ1) is 9.27. The molecule has 0 spiro atoms. The normalized spacial score (nSPS) is 10.8. The minimum atomic E-state index is 0.148. The van der Waals surface area contributed by atoms with Gasteiger partial charge in [0.05, 0.1) is 6.61 Å². The molecule has 0 radical (unpaired) electrons. The van der Waals surface area contributed by atoms with Crippen LogP contribution in [0.2, 0.25) is 0 Å². The van der Waals surface area contributed by atoms with Crippen LogP contribution in [0.5, 0.6) is 0 Å². The summed E-state index contributed by atoms with van der Waals surface area (Å²) >= 11 is 0. The van der Waals surface area contributed by atoms with E-state index >= 15 is 0 Å². The standard InChI is InChI=1S/C11H16O/c1-8(2)11-9(3)5-4-6-10(11)7-12/h4-6,8,12H,7H2,1-3H3. The Balaban J connectivity index is 3.20. The summed E-state index contributed by atoms with van der Waals surface area (Å²) in [6, 6.07) is 6.07. The zero-order valence-electron chi connectivity index (χ0n) is 7.96. The van der Waals surface area contributed by atoms with Crippen molar-refractivity contribution < 1.29 is 5.11 Å². The van der Waals surface area contributed by atoms with Gasteiger partial charge >= 0.3 is 0 Å². The van der Waals surface area contributed by atoms with Gasteiger partial charge in [-0.2, -0.15) is 0 Å². The summed E-state index contributed by atoms with van der Waals surface area (Å²) in [6.45, 7) is 6.55. The molecular formula is C11H16O. The third-order valence-corrected chi connectivity index (χ3v) is 2.16. The summed E-state index contributed by atoms with van der Waals surface area (Å²) in [6.07, 6.45) is 0. The Labute approximate surface area is 74.1 Å². The van der Waals surface area contributed by atoms with Crippen LogP contribution in [0.15, 0.2) is 18.2 Å². The van der Waals surface area contributed by atoms with E-state index in [9.17, 15) is 0 Å². The molecule has 0 atom stereocenters. The zero-order chi connectivity index (χ0) is 9.14. The molecule has 0 bridgehead atoms. The first-order valence-corrected chi connectivity index (χ1v) is 4.36. The van der Waals surface area contributed by atoms with Crippen molar-refractivity contribution >= 4 is 0 Å². The highest BCUT2D eigenvalue weighted by molar-refractivity contribution is 5.36. The van der Waals surface area contributed by atoms with Gasteiger partial charge in [-0.05, 0) is 29.5 Å². The molecule has 1 rings (SSSR count). The van der Waals surface area contributed by atoms with E-state index in [2.05, 4.69) is 26.8 Å². The predicted octanol–water partition coefficient (Wildman–Crippen LogP) is 2.61. The summed E-state index contributed by atoms with van der Waals surface area (Å²) in [7, 11) is 0. The van der Waals surface area contributed by atoms with Crippen molar-refractivity contribution in [3.05, 3.63) is 34.9 Å². The number of aliphatic hydroxyl groups is 1. The van der Waals surface area contributed by atoms with E-state index in [4.69, 9.17) is 5.11 Å². The van der Waals surface area contributed by atoms with Crippen LogP contribution in [0, 0.1) is 6.92 Å². The monoisotopic (exact) mass is 164 g/mol. The second-order valence-corrected chi connectivity index (χ2v) is 3.46. The number of benzene rings is 1. The van der Waals surface area contributed by atoms with Crippen LogP contribution in [-0.4, -0.2) is 5.11 Å². The third-order valence-electron chi connectivity index (χ3n) is 2.16. The van der Waals surface area contributed by atoms with Gasteiger partial charge in [-0.1, -0.05) is 32.0 Å². The van der Waals surface area contributed by atoms with Crippen molar-refractivity contribution in [3.8, 4) is 0 Å². The van der Waals surface area contributed by atoms with Crippen molar-refractivity contribution in [2.75, 3.05) is 0 Å². The molecule has 0 fully saturated rings. The second kappa shape index (κ2) is 3.72. The Hall–Kier alpha value is -0.820. The second-order valence-electron chi connectivity index (χ2n) is 3.46. The Bertz CT molecular complexity index is 264. The summed E-state index contributed by atoms with van der Waals surface area (Å²) in [5, 5.41) is 9.09. The van der Waals surface area contributed by atoms with E-state index in [1.54, 1.807) is 0 Å². The summed E-state index contributed by atoms with van der Waals surface area (Å²) in [5.74, 6) is 0.494. The van der Waals surface area contributed by atoms with Gasteiger partial charge in [0.15, 0.2) is 0 Å². The van der Waals surface area contributed by atoms with Gasteiger partial charge in [0.1, 0.15) is 0 Å². The van der Waals surface area contributed by atoms with Crippen molar-refractivity contribution in [2.24, 2.45) is 0 Å². The smallest absolute Gasteiger partial charge is 0.0684 e. The maximum Gasteiger partial charge on any atom is 0.0684 e. The maximum absolute atomic E-state index is 9.09. The lowest BCUT2D eigenvalue weighted by molar-refractivity contribution is 0.280. The first-order valence-electron chi connectivity index (χ1n) is 4.36. The SMILES string of the molecule is Cc1cccc(CO)c1C(C)C. The van der Waals surface area contributed by atoms with Gasteiger partial charge in [0.25, 0.3) is 0 Å². The quantitative estimate of drug-likeness (QED) is 0.712. The molecule has 12 heavy (non-hydrogen) atoms. The number of aliphatic hydroxyl groups excluding tert-OH is 1. The molecule has 0 saturated carbocycles.